The third-order valence-corrected chi connectivity index (χ3v) is 5.60. The number of amides is 1. The zero-order valence-corrected chi connectivity index (χ0v) is 19.7. The summed E-state index contributed by atoms with van der Waals surface area (Å²) in [6.07, 6.45) is -0.404. The lowest BCUT2D eigenvalue weighted by atomic mass is 9.98. The molecule has 0 spiro atoms. The van der Waals surface area contributed by atoms with Crippen molar-refractivity contribution in [1.29, 1.82) is 0 Å². The number of halogens is 4. The van der Waals surface area contributed by atoms with Gasteiger partial charge in [-0.3, -0.25) is 4.79 Å². The lowest BCUT2D eigenvalue weighted by molar-refractivity contribution is -0.131. The number of aryl methyl sites for hydroxylation is 1. The van der Waals surface area contributed by atoms with Gasteiger partial charge >= 0.3 is 6.18 Å². The van der Waals surface area contributed by atoms with Crippen LogP contribution in [0.25, 0.3) is 16.8 Å². The van der Waals surface area contributed by atoms with Gasteiger partial charge in [0, 0.05) is 36.6 Å². The molecule has 0 fully saturated rings. The van der Waals surface area contributed by atoms with E-state index in [4.69, 9.17) is 16.3 Å². The molecule has 1 amide bonds. The summed E-state index contributed by atoms with van der Waals surface area (Å²) in [5.74, 6) is 0.592. The molecule has 0 bridgehead atoms. The maximum absolute atomic E-state index is 12.9. The van der Waals surface area contributed by atoms with Gasteiger partial charge in [0.25, 0.3) is 5.91 Å². The van der Waals surface area contributed by atoms with Crippen LogP contribution in [0.5, 0.6) is 11.5 Å². The molecule has 4 aromatic rings. The fraction of sp³-hybridized carbons (Fsp3) is 0.200. The summed E-state index contributed by atoms with van der Waals surface area (Å²) in [4.78, 5) is 16.5. The van der Waals surface area contributed by atoms with Crippen molar-refractivity contribution in [1.82, 2.24) is 14.7 Å². The molecule has 2 N–H and O–H groups in total. The molecule has 0 aliphatic rings. The molecule has 0 aliphatic heterocycles. The number of ether oxygens (including phenoxy) is 1. The van der Waals surface area contributed by atoms with Crippen molar-refractivity contribution in [2.75, 3.05) is 18.9 Å². The highest BCUT2D eigenvalue weighted by molar-refractivity contribution is 6.30. The molecule has 2 aromatic carbocycles. The molecule has 2 aromatic heterocycles. The second kappa shape index (κ2) is 9.87. The van der Waals surface area contributed by atoms with Crippen LogP contribution in [0, 0.1) is 6.92 Å². The third kappa shape index (κ3) is 5.51. The summed E-state index contributed by atoms with van der Waals surface area (Å²) in [5.41, 5.74) is 3.16. The SMILES string of the molecule is CNC(=O)c1ccc(-c2c(Oc3cccc(Cl)c3)cn3ccnc3c2NCCC(F)(F)F)cc1C. The molecule has 2 heterocycles. The van der Waals surface area contributed by atoms with Crippen LogP contribution >= 0.6 is 11.6 Å². The van der Waals surface area contributed by atoms with Crippen LogP contribution in [0.4, 0.5) is 18.9 Å². The van der Waals surface area contributed by atoms with E-state index in [0.29, 0.717) is 50.1 Å². The van der Waals surface area contributed by atoms with E-state index in [1.165, 1.54) is 0 Å². The van der Waals surface area contributed by atoms with Crippen molar-refractivity contribution in [3.8, 4) is 22.6 Å². The minimum Gasteiger partial charge on any atom is -0.455 e. The fourth-order valence-corrected chi connectivity index (χ4v) is 3.94. The molecule has 0 unspecified atom stereocenters. The normalized spacial score (nSPS) is 11.5. The van der Waals surface area contributed by atoms with Crippen LogP contribution in [0.1, 0.15) is 22.3 Å². The minimum absolute atomic E-state index is 0.239. The van der Waals surface area contributed by atoms with Crippen molar-refractivity contribution in [3.63, 3.8) is 0 Å². The number of nitrogens with one attached hydrogen (secondary N) is 2. The summed E-state index contributed by atoms with van der Waals surface area (Å²) < 4.78 is 46.6. The van der Waals surface area contributed by atoms with Crippen LogP contribution in [-0.2, 0) is 0 Å². The zero-order valence-electron chi connectivity index (χ0n) is 18.9. The first kappa shape index (κ1) is 24.4. The molecule has 0 radical (unpaired) electrons. The van der Waals surface area contributed by atoms with Crippen LogP contribution in [0.15, 0.2) is 61.1 Å². The number of pyridine rings is 1. The summed E-state index contributed by atoms with van der Waals surface area (Å²) in [5, 5.41) is 5.98. The Morgan fingerprint density at radius 2 is 2.00 bits per heavy atom. The summed E-state index contributed by atoms with van der Waals surface area (Å²) in [7, 11) is 1.54. The molecule has 35 heavy (non-hydrogen) atoms. The number of imidazole rings is 1. The Morgan fingerprint density at radius 1 is 1.20 bits per heavy atom. The topological polar surface area (TPSA) is 67.7 Å². The Hall–Kier alpha value is -3.72. The largest absolute Gasteiger partial charge is 0.455 e. The zero-order chi connectivity index (χ0) is 25.2. The maximum atomic E-state index is 12.9. The smallest absolute Gasteiger partial charge is 0.390 e. The Kier molecular flexibility index (Phi) is 6.88. The van der Waals surface area contributed by atoms with E-state index in [0.717, 1.165) is 0 Å². The van der Waals surface area contributed by atoms with Crippen molar-refractivity contribution >= 4 is 28.8 Å². The summed E-state index contributed by atoms with van der Waals surface area (Å²) >= 11 is 6.12. The second-order valence-electron chi connectivity index (χ2n) is 7.86. The van der Waals surface area contributed by atoms with Crippen LogP contribution in [-0.4, -0.2) is 35.1 Å². The highest BCUT2D eigenvalue weighted by Crippen LogP contribution is 2.42. The highest BCUT2D eigenvalue weighted by Gasteiger charge is 2.27. The first-order chi connectivity index (χ1) is 16.7. The van der Waals surface area contributed by atoms with Gasteiger partial charge in [0.15, 0.2) is 11.4 Å². The van der Waals surface area contributed by atoms with Crippen LogP contribution < -0.4 is 15.4 Å². The Balaban J connectivity index is 1.89. The number of benzene rings is 2. The number of carbonyl (C=O) groups is 1. The van der Waals surface area contributed by atoms with E-state index >= 15 is 0 Å². The molecule has 0 atom stereocenters. The Bertz CT molecular complexity index is 1390. The number of rotatable bonds is 7. The molecule has 182 valence electrons. The number of hydrogen-bond acceptors (Lipinski definition) is 4. The average molecular weight is 503 g/mol. The van der Waals surface area contributed by atoms with Crippen LogP contribution in [0.3, 0.4) is 0 Å². The number of carbonyl (C=O) groups excluding carboxylic acids is 1. The van der Waals surface area contributed by atoms with E-state index in [2.05, 4.69) is 15.6 Å². The van der Waals surface area contributed by atoms with E-state index in [9.17, 15) is 18.0 Å². The van der Waals surface area contributed by atoms with Crippen molar-refractivity contribution in [2.45, 2.75) is 19.5 Å². The molecular weight excluding hydrogens is 481 g/mol. The van der Waals surface area contributed by atoms with E-state index in [-0.39, 0.29) is 12.5 Å². The summed E-state index contributed by atoms with van der Waals surface area (Å²) in [6, 6.07) is 12.0. The van der Waals surface area contributed by atoms with Crippen molar-refractivity contribution in [2.24, 2.45) is 0 Å². The monoisotopic (exact) mass is 502 g/mol. The predicted molar refractivity (Wildman–Crippen MR) is 129 cm³/mol. The van der Waals surface area contributed by atoms with Gasteiger partial charge < -0.3 is 19.8 Å². The minimum atomic E-state index is -4.32. The van der Waals surface area contributed by atoms with Gasteiger partial charge in [-0.25, -0.2) is 4.98 Å². The fourth-order valence-electron chi connectivity index (χ4n) is 3.76. The van der Waals surface area contributed by atoms with E-state index < -0.39 is 12.6 Å². The quantitative estimate of drug-likeness (QED) is 0.303. The Morgan fingerprint density at radius 3 is 2.69 bits per heavy atom. The lowest BCUT2D eigenvalue weighted by Gasteiger charge is -2.19. The standard InChI is InChI=1S/C25H22ClF3N4O2/c1-15-12-16(6-7-19(15)24(34)30-2)21-20(35-18-5-3-4-17(26)13-18)14-33-11-10-32-23(33)22(21)31-9-8-25(27,28)29/h3-7,10-14,31H,8-9H2,1-2H3,(H,30,34). The van der Waals surface area contributed by atoms with Gasteiger partial charge in [0.1, 0.15) is 5.75 Å². The molecule has 0 saturated heterocycles. The number of anilines is 1. The molecule has 4 rings (SSSR count). The highest BCUT2D eigenvalue weighted by atomic mass is 35.5. The first-order valence-electron chi connectivity index (χ1n) is 10.7. The van der Waals surface area contributed by atoms with Gasteiger partial charge in [0.05, 0.1) is 23.9 Å². The van der Waals surface area contributed by atoms with Gasteiger partial charge in [0.2, 0.25) is 0 Å². The number of alkyl halides is 3. The van der Waals surface area contributed by atoms with Gasteiger partial charge in [-0.15, -0.1) is 0 Å². The number of hydrogen-bond donors (Lipinski definition) is 2. The number of nitrogens with zero attached hydrogens (tertiary/aromatic N) is 2. The van der Waals surface area contributed by atoms with Crippen molar-refractivity contribution < 1.29 is 22.7 Å². The van der Waals surface area contributed by atoms with E-state index in [1.54, 1.807) is 79.4 Å². The van der Waals surface area contributed by atoms with E-state index in [1.807, 2.05) is 0 Å². The van der Waals surface area contributed by atoms with Gasteiger partial charge in [-0.05, 0) is 42.3 Å². The van der Waals surface area contributed by atoms with Crippen LogP contribution in [0.2, 0.25) is 5.02 Å². The Labute approximate surface area is 204 Å². The predicted octanol–water partition coefficient (Wildman–Crippen LogP) is 6.48. The van der Waals surface area contributed by atoms with Gasteiger partial charge in [-0.1, -0.05) is 29.8 Å². The second-order valence-corrected chi connectivity index (χ2v) is 8.30. The lowest BCUT2D eigenvalue weighted by Crippen LogP contribution is -2.18. The maximum Gasteiger partial charge on any atom is 0.390 e. The molecular formula is C25H22ClF3N4O2. The third-order valence-electron chi connectivity index (χ3n) is 5.37. The molecule has 0 saturated carbocycles. The van der Waals surface area contributed by atoms with Gasteiger partial charge in [-0.2, -0.15) is 13.2 Å². The number of aromatic nitrogens is 2. The average Bonchev–Trinajstić information content (AvgIpc) is 3.26. The van der Waals surface area contributed by atoms with Crippen molar-refractivity contribution in [3.05, 3.63) is 77.2 Å². The molecule has 0 aliphatic carbocycles. The number of fused-ring (bicyclic) bond motifs is 1. The molecule has 6 nitrogen and oxygen atoms in total. The first-order valence-corrected chi connectivity index (χ1v) is 11.1. The summed E-state index contributed by atoms with van der Waals surface area (Å²) in [6.45, 7) is 1.44. The molecule has 10 heteroatoms.